The summed E-state index contributed by atoms with van der Waals surface area (Å²) in [5, 5.41) is 3.48. The zero-order valence-electron chi connectivity index (χ0n) is 14.7. The van der Waals surface area contributed by atoms with Gasteiger partial charge in [-0.2, -0.15) is 0 Å². The second-order valence-electron chi connectivity index (χ2n) is 6.41. The third-order valence-corrected chi connectivity index (χ3v) is 4.51. The summed E-state index contributed by atoms with van der Waals surface area (Å²) in [5.41, 5.74) is 5.17. The van der Waals surface area contributed by atoms with E-state index in [0.717, 1.165) is 27.9 Å². The van der Waals surface area contributed by atoms with E-state index in [0.29, 0.717) is 22.9 Å². The van der Waals surface area contributed by atoms with Crippen LogP contribution in [0.5, 0.6) is 0 Å². The van der Waals surface area contributed by atoms with Gasteiger partial charge in [-0.3, -0.25) is 4.79 Å². The highest BCUT2D eigenvalue weighted by atomic mass is 35.5. The lowest BCUT2D eigenvalue weighted by Gasteiger charge is -2.06. The molecular formula is C22H17ClN2O2. The Kier molecular flexibility index (Phi) is 4.65. The minimum Gasteiger partial charge on any atom is -0.440 e. The number of carbonyl (C=O) groups excluding carboxylic acids is 1. The number of aryl methyl sites for hydroxylation is 1. The van der Waals surface area contributed by atoms with Gasteiger partial charge in [0.2, 0.25) is 0 Å². The van der Waals surface area contributed by atoms with Crippen molar-refractivity contribution in [3.05, 3.63) is 94.3 Å². The summed E-state index contributed by atoms with van der Waals surface area (Å²) >= 11 is 5.85. The molecule has 0 aliphatic rings. The van der Waals surface area contributed by atoms with Crippen LogP contribution in [-0.4, -0.2) is 10.9 Å². The Morgan fingerprint density at radius 2 is 1.78 bits per heavy atom. The van der Waals surface area contributed by atoms with Gasteiger partial charge in [0, 0.05) is 22.7 Å². The third kappa shape index (κ3) is 4.01. The normalized spacial score (nSPS) is 10.9. The Labute approximate surface area is 161 Å². The van der Waals surface area contributed by atoms with Gasteiger partial charge in [0.1, 0.15) is 5.52 Å². The van der Waals surface area contributed by atoms with Crippen molar-refractivity contribution in [3.8, 4) is 0 Å². The van der Waals surface area contributed by atoms with E-state index >= 15 is 0 Å². The smallest absolute Gasteiger partial charge is 0.255 e. The second-order valence-corrected chi connectivity index (χ2v) is 6.85. The van der Waals surface area contributed by atoms with Crippen LogP contribution in [0, 0.1) is 6.92 Å². The van der Waals surface area contributed by atoms with Gasteiger partial charge in [-0.1, -0.05) is 29.8 Å². The number of hydrogen-bond acceptors (Lipinski definition) is 3. The molecule has 1 N–H and O–H groups in total. The van der Waals surface area contributed by atoms with Crippen LogP contribution in [0.15, 0.2) is 71.1 Å². The molecule has 0 fully saturated rings. The van der Waals surface area contributed by atoms with Crippen LogP contribution < -0.4 is 5.32 Å². The molecule has 0 saturated heterocycles. The van der Waals surface area contributed by atoms with Crippen molar-refractivity contribution in [1.29, 1.82) is 0 Å². The molecule has 134 valence electrons. The van der Waals surface area contributed by atoms with Crippen LogP contribution in [0.4, 0.5) is 5.69 Å². The lowest BCUT2D eigenvalue weighted by atomic mass is 10.1. The molecule has 4 aromatic rings. The molecule has 5 heteroatoms. The van der Waals surface area contributed by atoms with E-state index in [1.165, 1.54) is 0 Å². The van der Waals surface area contributed by atoms with Gasteiger partial charge in [0.25, 0.3) is 5.91 Å². The van der Waals surface area contributed by atoms with Crippen LogP contribution in [-0.2, 0) is 6.42 Å². The van der Waals surface area contributed by atoms with Gasteiger partial charge in [0.15, 0.2) is 11.5 Å². The molecule has 1 amide bonds. The number of oxazole rings is 1. The molecule has 0 aliphatic heterocycles. The van der Waals surface area contributed by atoms with E-state index in [-0.39, 0.29) is 5.91 Å². The molecular weight excluding hydrogens is 360 g/mol. The molecule has 1 aromatic heterocycles. The highest BCUT2D eigenvalue weighted by Crippen LogP contribution is 2.20. The number of halogens is 1. The average Bonchev–Trinajstić information content (AvgIpc) is 3.05. The SMILES string of the molecule is Cc1ccc2oc(Cc3ccc(NC(=O)c4ccc(Cl)cc4)cc3)nc2c1. The van der Waals surface area contributed by atoms with E-state index in [9.17, 15) is 4.79 Å². The fourth-order valence-corrected chi connectivity index (χ4v) is 2.97. The summed E-state index contributed by atoms with van der Waals surface area (Å²) in [6.45, 7) is 2.03. The number of benzene rings is 3. The zero-order valence-corrected chi connectivity index (χ0v) is 15.5. The van der Waals surface area contributed by atoms with Crippen molar-refractivity contribution < 1.29 is 9.21 Å². The fraction of sp³-hybridized carbons (Fsp3) is 0.0909. The van der Waals surface area contributed by atoms with Crippen LogP contribution in [0.3, 0.4) is 0 Å². The molecule has 0 radical (unpaired) electrons. The maximum absolute atomic E-state index is 12.2. The van der Waals surface area contributed by atoms with Crippen molar-refractivity contribution in [2.24, 2.45) is 0 Å². The molecule has 0 spiro atoms. The predicted octanol–water partition coefficient (Wildman–Crippen LogP) is 5.63. The molecule has 0 atom stereocenters. The minimum absolute atomic E-state index is 0.172. The summed E-state index contributed by atoms with van der Waals surface area (Å²) in [6.07, 6.45) is 0.596. The lowest BCUT2D eigenvalue weighted by Crippen LogP contribution is -2.11. The number of amides is 1. The maximum atomic E-state index is 12.2. The monoisotopic (exact) mass is 376 g/mol. The highest BCUT2D eigenvalue weighted by Gasteiger charge is 2.08. The first-order valence-corrected chi connectivity index (χ1v) is 8.96. The lowest BCUT2D eigenvalue weighted by molar-refractivity contribution is 0.102. The van der Waals surface area contributed by atoms with Crippen LogP contribution in [0.1, 0.15) is 27.4 Å². The van der Waals surface area contributed by atoms with E-state index in [1.54, 1.807) is 24.3 Å². The fourth-order valence-electron chi connectivity index (χ4n) is 2.85. The van der Waals surface area contributed by atoms with Gasteiger partial charge in [-0.25, -0.2) is 4.98 Å². The number of anilines is 1. The van der Waals surface area contributed by atoms with E-state index in [4.69, 9.17) is 16.0 Å². The number of rotatable bonds is 4. The topological polar surface area (TPSA) is 55.1 Å². The summed E-state index contributed by atoms with van der Waals surface area (Å²) < 4.78 is 5.80. The molecule has 4 nitrogen and oxygen atoms in total. The summed E-state index contributed by atoms with van der Waals surface area (Å²) in [6, 6.07) is 20.4. The van der Waals surface area contributed by atoms with Gasteiger partial charge in [-0.15, -0.1) is 0 Å². The summed E-state index contributed by atoms with van der Waals surface area (Å²) in [4.78, 5) is 16.8. The van der Waals surface area contributed by atoms with Gasteiger partial charge >= 0.3 is 0 Å². The zero-order chi connectivity index (χ0) is 18.8. The van der Waals surface area contributed by atoms with Crippen LogP contribution >= 0.6 is 11.6 Å². The van der Waals surface area contributed by atoms with Crippen LogP contribution in [0.2, 0.25) is 5.02 Å². The summed E-state index contributed by atoms with van der Waals surface area (Å²) in [5.74, 6) is 0.502. The highest BCUT2D eigenvalue weighted by molar-refractivity contribution is 6.30. The molecule has 4 rings (SSSR count). The van der Waals surface area contributed by atoms with Crippen molar-refractivity contribution in [3.63, 3.8) is 0 Å². The summed E-state index contributed by atoms with van der Waals surface area (Å²) in [7, 11) is 0. The molecule has 3 aromatic carbocycles. The first kappa shape index (κ1) is 17.3. The Morgan fingerprint density at radius 1 is 1.04 bits per heavy atom. The molecule has 0 aliphatic carbocycles. The molecule has 0 bridgehead atoms. The Bertz CT molecular complexity index is 1100. The Morgan fingerprint density at radius 3 is 2.52 bits per heavy atom. The van der Waals surface area contributed by atoms with Gasteiger partial charge < -0.3 is 9.73 Å². The van der Waals surface area contributed by atoms with Crippen molar-refractivity contribution in [2.75, 3.05) is 5.32 Å². The Hall–Kier alpha value is -3.11. The van der Waals surface area contributed by atoms with Crippen molar-refractivity contribution in [2.45, 2.75) is 13.3 Å². The first-order valence-electron chi connectivity index (χ1n) is 8.59. The second kappa shape index (κ2) is 7.25. The number of nitrogens with zero attached hydrogens (tertiary/aromatic N) is 1. The number of carbonyl (C=O) groups is 1. The van der Waals surface area contributed by atoms with Crippen molar-refractivity contribution >= 4 is 34.3 Å². The Balaban J connectivity index is 1.45. The van der Waals surface area contributed by atoms with Gasteiger partial charge in [-0.05, 0) is 66.6 Å². The molecule has 27 heavy (non-hydrogen) atoms. The molecule has 0 saturated carbocycles. The molecule has 0 unspecified atom stereocenters. The standard InChI is InChI=1S/C22H17ClN2O2/c1-14-2-11-20-19(12-14)25-21(27-20)13-15-3-9-18(10-4-15)24-22(26)16-5-7-17(23)8-6-16/h2-12H,13H2,1H3,(H,24,26). The minimum atomic E-state index is -0.172. The number of fused-ring (bicyclic) bond motifs is 1. The third-order valence-electron chi connectivity index (χ3n) is 4.26. The van der Waals surface area contributed by atoms with E-state index in [2.05, 4.69) is 10.3 Å². The van der Waals surface area contributed by atoms with Gasteiger partial charge in [0.05, 0.1) is 0 Å². The number of aromatic nitrogens is 1. The quantitative estimate of drug-likeness (QED) is 0.502. The predicted molar refractivity (Wildman–Crippen MR) is 107 cm³/mol. The maximum Gasteiger partial charge on any atom is 0.255 e. The van der Waals surface area contributed by atoms with Crippen molar-refractivity contribution in [1.82, 2.24) is 4.98 Å². The number of hydrogen-bond donors (Lipinski definition) is 1. The average molecular weight is 377 g/mol. The number of nitrogens with one attached hydrogen (secondary N) is 1. The van der Waals surface area contributed by atoms with E-state index in [1.807, 2.05) is 49.4 Å². The van der Waals surface area contributed by atoms with E-state index < -0.39 is 0 Å². The first-order chi connectivity index (χ1) is 13.1. The molecule has 1 heterocycles. The largest absolute Gasteiger partial charge is 0.440 e. The van der Waals surface area contributed by atoms with Crippen LogP contribution in [0.25, 0.3) is 11.1 Å².